The molecule has 1 saturated heterocycles. The summed E-state index contributed by atoms with van der Waals surface area (Å²) < 4.78 is 67.1. The molecule has 1 unspecified atom stereocenters. The van der Waals surface area contributed by atoms with Gasteiger partial charge in [0.2, 0.25) is 5.95 Å². The van der Waals surface area contributed by atoms with Gasteiger partial charge in [0, 0.05) is 37.9 Å². The third-order valence-corrected chi connectivity index (χ3v) is 6.07. The number of carbonyl (C=O) groups excluding carboxylic acids is 1. The molecule has 2 N–H and O–H groups in total. The Balaban J connectivity index is 1.43. The number of alkyl halides is 3. The molecule has 0 aliphatic carbocycles. The van der Waals surface area contributed by atoms with Crippen LogP contribution in [0.25, 0.3) is 11.1 Å². The van der Waals surface area contributed by atoms with Crippen LogP contribution in [0.3, 0.4) is 0 Å². The quantitative estimate of drug-likeness (QED) is 0.286. The van der Waals surface area contributed by atoms with Crippen molar-refractivity contribution in [3.8, 4) is 11.1 Å². The van der Waals surface area contributed by atoms with Crippen LogP contribution in [0.4, 0.5) is 22.0 Å². The Morgan fingerprint density at radius 2 is 1.94 bits per heavy atom. The van der Waals surface area contributed by atoms with Gasteiger partial charge in [-0.3, -0.25) is 25.0 Å². The predicted molar refractivity (Wildman–Crippen MR) is 117 cm³/mol. The lowest BCUT2D eigenvalue weighted by atomic mass is 10.0. The molecule has 3 heterocycles. The van der Waals surface area contributed by atoms with Crippen molar-refractivity contribution in [2.45, 2.75) is 18.6 Å². The number of pyridine rings is 1. The smallest absolute Gasteiger partial charge is 0.336 e. The van der Waals surface area contributed by atoms with Gasteiger partial charge in [0.25, 0.3) is 5.91 Å². The van der Waals surface area contributed by atoms with Crippen molar-refractivity contribution in [2.75, 3.05) is 32.8 Å². The van der Waals surface area contributed by atoms with Crippen molar-refractivity contribution in [3.63, 3.8) is 0 Å². The average Bonchev–Trinajstić information content (AvgIpc) is 3.28. The van der Waals surface area contributed by atoms with E-state index in [2.05, 4.69) is 20.1 Å². The van der Waals surface area contributed by atoms with E-state index in [-0.39, 0.29) is 36.4 Å². The number of rotatable bonds is 7. The normalized spacial score (nSPS) is 16.9. The Hall–Kier alpha value is -3.42. The molecule has 1 aromatic carbocycles. The summed E-state index contributed by atoms with van der Waals surface area (Å²) in [5.74, 6) is -2.31. The SMILES string of the molecule is O=C(c1cccc(-c2cn[nH]c2F)c1F)N1CCN(CCc2ccc(C(F)(F)F)nc2)C(COO)C1. The number of amides is 1. The highest BCUT2D eigenvalue weighted by Gasteiger charge is 2.33. The van der Waals surface area contributed by atoms with E-state index >= 15 is 4.39 Å². The van der Waals surface area contributed by atoms with E-state index in [0.717, 1.165) is 12.3 Å². The van der Waals surface area contributed by atoms with Crippen LogP contribution in [0.5, 0.6) is 0 Å². The molecule has 1 atom stereocenters. The zero-order valence-electron chi connectivity index (χ0n) is 18.8. The van der Waals surface area contributed by atoms with Gasteiger partial charge in [-0.1, -0.05) is 18.2 Å². The van der Waals surface area contributed by atoms with Crippen LogP contribution in [-0.2, 0) is 17.5 Å². The summed E-state index contributed by atoms with van der Waals surface area (Å²) >= 11 is 0. The van der Waals surface area contributed by atoms with Gasteiger partial charge in [-0.25, -0.2) is 9.28 Å². The topological polar surface area (TPSA) is 94.6 Å². The second-order valence-electron chi connectivity index (χ2n) is 8.30. The van der Waals surface area contributed by atoms with Crippen molar-refractivity contribution in [1.29, 1.82) is 0 Å². The number of halogens is 5. The van der Waals surface area contributed by atoms with Crippen molar-refractivity contribution in [2.24, 2.45) is 0 Å². The van der Waals surface area contributed by atoms with Gasteiger partial charge in [-0.2, -0.15) is 22.7 Å². The molecular weight excluding hydrogens is 489 g/mol. The van der Waals surface area contributed by atoms with E-state index in [0.29, 0.717) is 25.1 Å². The predicted octanol–water partition coefficient (Wildman–Crippen LogP) is 3.63. The fourth-order valence-corrected chi connectivity index (χ4v) is 4.16. The Morgan fingerprint density at radius 1 is 1.14 bits per heavy atom. The molecule has 0 bridgehead atoms. The molecular formula is C23H22F5N5O3. The number of carbonyl (C=O) groups is 1. The average molecular weight is 511 g/mol. The van der Waals surface area contributed by atoms with E-state index in [1.54, 1.807) is 0 Å². The monoisotopic (exact) mass is 511 g/mol. The summed E-state index contributed by atoms with van der Waals surface area (Å²) in [6.45, 7) is 0.958. The van der Waals surface area contributed by atoms with Gasteiger partial charge in [0.15, 0.2) is 0 Å². The lowest BCUT2D eigenvalue weighted by Gasteiger charge is -2.41. The molecule has 0 radical (unpaired) electrons. The Bertz CT molecular complexity index is 1200. The number of benzene rings is 1. The molecule has 36 heavy (non-hydrogen) atoms. The van der Waals surface area contributed by atoms with Crippen LogP contribution >= 0.6 is 0 Å². The minimum atomic E-state index is -4.52. The minimum Gasteiger partial charge on any atom is -0.336 e. The van der Waals surface area contributed by atoms with Gasteiger partial charge in [0.1, 0.15) is 11.5 Å². The number of hydrogen-bond acceptors (Lipinski definition) is 6. The molecule has 2 aromatic heterocycles. The van der Waals surface area contributed by atoms with E-state index in [1.165, 1.54) is 35.4 Å². The zero-order chi connectivity index (χ0) is 25.9. The molecule has 192 valence electrons. The van der Waals surface area contributed by atoms with E-state index in [9.17, 15) is 22.4 Å². The lowest BCUT2D eigenvalue weighted by Crippen LogP contribution is -2.56. The van der Waals surface area contributed by atoms with Crippen LogP contribution in [0.1, 0.15) is 21.6 Å². The van der Waals surface area contributed by atoms with E-state index < -0.39 is 35.6 Å². The van der Waals surface area contributed by atoms with Crippen molar-refractivity contribution in [1.82, 2.24) is 25.0 Å². The summed E-state index contributed by atoms with van der Waals surface area (Å²) in [5.41, 5.74) is -0.823. The molecule has 4 rings (SSSR count). The van der Waals surface area contributed by atoms with Gasteiger partial charge in [-0.05, 0) is 24.1 Å². The van der Waals surface area contributed by atoms with Crippen molar-refractivity contribution in [3.05, 3.63) is 71.3 Å². The largest absolute Gasteiger partial charge is 0.433 e. The number of H-pyrrole nitrogens is 1. The third-order valence-electron chi connectivity index (χ3n) is 6.07. The molecule has 1 fully saturated rings. The Morgan fingerprint density at radius 3 is 2.58 bits per heavy atom. The summed E-state index contributed by atoms with van der Waals surface area (Å²) in [7, 11) is 0. The molecule has 1 aliphatic rings. The van der Waals surface area contributed by atoms with Gasteiger partial charge < -0.3 is 4.90 Å². The first-order chi connectivity index (χ1) is 17.2. The first-order valence-corrected chi connectivity index (χ1v) is 11.0. The first kappa shape index (κ1) is 25.7. The second-order valence-corrected chi connectivity index (χ2v) is 8.30. The number of nitrogens with zero attached hydrogens (tertiary/aromatic N) is 4. The molecule has 13 heteroatoms. The van der Waals surface area contributed by atoms with Crippen LogP contribution in [-0.4, -0.2) is 75.0 Å². The first-order valence-electron chi connectivity index (χ1n) is 11.0. The fourth-order valence-electron chi connectivity index (χ4n) is 4.16. The Kier molecular flexibility index (Phi) is 7.62. The second kappa shape index (κ2) is 10.7. The summed E-state index contributed by atoms with van der Waals surface area (Å²) in [6.07, 6.45) is -1.84. The maximum Gasteiger partial charge on any atom is 0.433 e. The third kappa shape index (κ3) is 5.53. The van der Waals surface area contributed by atoms with E-state index in [4.69, 9.17) is 5.26 Å². The number of hydrogen-bond donors (Lipinski definition) is 2. The number of aromatic amines is 1. The molecule has 3 aromatic rings. The van der Waals surface area contributed by atoms with Crippen molar-refractivity contribution < 1.29 is 36.9 Å². The highest BCUT2D eigenvalue weighted by molar-refractivity contribution is 5.96. The molecule has 1 aliphatic heterocycles. The van der Waals surface area contributed by atoms with Crippen LogP contribution in [0.15, 0.2) is 42.7 Å². The molecule has 0 spiro atoms. The fraction of sp³-hybridized carbons (Fsp3) is 0.348. The maximum absolute atomic E-state index is 15.1. The lowest BCUT2D eigenvalue weighted by molar-refractivity contribution is -0.253. The highest BCUT2D eigenvalue weighted by atomic mass is 19.4. The minimum absolute atomic E-state index is 0.101. The summed E-state index contributed by atoms with van der Waals surface area (Å²) in [5, 5.41) is 14.7. The highest BCUT2D eigenvalue weighted by Crippen LogP contribution is 2.28. The zero-order valence-corrected chi connectivity index (χ0v) is 18.8. The van der Waals surface area contributed by atoms with Gasteiger partial charge in [-0.15, -0.1) is 0 Å². The number of nitrogens with one attached hydrogen (secondary N) is 1. The molecule has 0 saturated carbocycles. The van der Waals surface area contributed by atoms with Crippen LogP contribution in [0, 0.1) is 11.8 Å². The number of aromatic nitrogens is 3. The maximum atomic E-state index is 15.1. The molecule has 8 nitrogen and oxygen atoms in total. The van der Waals surface area contributed by atoms with Crippen molar-refractivity contribution >= 4 is 5.91 Å². The summed E-state index contributed by atoms with van der Waals surface area (Å²) in [4.78, 5) is 24.2. The summed E-state index contributed by atoms with van der Waals surface area (Å²) in [6, 6.07) is 5.91. The van der Waals surface area contributed by atoms with Crippen LogP contribution in [0.2, 0.25) is 0 Å². The van der Waals surface area contributed by atoms with Crippen LogP contribution < -0.4 is 0 Å². The molecule has 1 amide bonds. The van der Waals surface area contributed by atoms with Gasteiger partial charge in [0.05, 0.1) is 30.0 Å². The Labute approximate surface area is 202 Å². The van der Waals surface area contributed by atoms with E-state index in [1.807, 2.05) is 4.90 Å². The standard InChI is InChI=1S/C23H22F5N5O3/c24-20-16(18-11-30-31-21(18)25)2-1-3-17(20)22(34)33-9-8-32(15(12-33)13-36-35)7-6-14-4-5-19(29-10-14)23(26,27)28/h1-5,10-11,15,35H,6-9,12-13H2,(H,30,31). The van der Waals surface area contributed by atoms with Gasteiger partial charge >= 0.3 is 6.18 Å². The number of piperazine rings is 1.